The van der Waals surface area contributed by atoms with Crippen molar-refractivity contribution in [3.63, 3.8) is 0 Å². The Bertz CT molecular complexity index is 668. The van der Waals surface area contributed by atoms with E-state index in [1.165, 1.54) is 6.07 Å². The van der Waals surface area contributed by atoms with E-state index in [9.17, 15) is 4.39 Å². The predicted molar refractivity (Wildman–Crippen MR) is 82.3 cm³/mol. The molecule has 1 aromatic carbocycles. The molecule has 0 amide bonds. The highest BCUT2D eigenvalue weighted by atomic mass is 35.5. The summed E-state index contributed by atoms with van der Waals surface area (Å²) in [4.78, 5) is 4.63. The van der Waals surface area contributed by atoms with Crippen LogP contribution in [0.4, 0.5) is 4.39 Å². The zero-order valence-corrected chi connectivity index (χ0v) is 13.3. The quantitative estimate of drug-likeness (QED) is 0.800. The lowest BCUT2D eigenvalue weighted by Gasteiger charge is -2.52. The van der Waals surface area contributed by atoms with Gasteiger partial charge < -0.3 is 9.30 Å². The Morgan fingerprint density at radius 2 is 2.24 bits per heavy atom. The summed E-state index contributed by atoms with van der Waals surface area (Å²) < 4.78 is 21.3. The van der Waals surface area contributed by atoms with Crippen LogP contribution in [0.25, 0.3) is 11.0 Å². The first-order valence-corrected chi connectivity index (χ1v) is 7.77. The summed E-state index contributed by atoms with van der Waals surface area (Å²) in [6.45, 7) is 4.37. The molecule has 1 saturated carbocycles. The first kappa shape index (κ1) is 14.8. The van der Waals surface area contributed by atoms with Gasteiger partial charge in [-0.1, -0.05) is 13.8 Å². The van der Waals surface area contributed by atoms with Crippen LogP contribution in [0.2, 0.25) is 0 Å². The molecule has 2 atom stereocenters. The largest absolute Gasteiger partial charge is 0.381 e. The van der Waals surface area contributed by atoms with Gasteiger partial charge in [0.05, 0.1) is 17.1 Å². The third kappa shape index (κ3) is 2.25. The van der Waals surface area contributed by atoms with Crippen molar-refractivity contribution in [1.82, 2.24) is 9.55 Å². The van der Waals surface area contributed by atoms with Crippen LogP contribution in [-0.4, -0.2) is 28.6 Å². The van der Waals surface area contributed by atoms with Crippen molar-refractivity contribution in [2.75, 3.05) is 13.0 Å². The molecule has 0 aliphatic heterocycles. The molecular weight excluding hydrogens is 291 g/mol. The minimum absolute atomic E-state index is 0.00421. The van der Waals surface area contributed by atoms with Crippen LogP contribution in [0.1, 0.15) is 32.1 Å². The molecular formula is C16H20ClFN2O. The molecule has 0 radical (unpaired) electrons. The Morgan fingerprint density at radius 1 is 1.48 bits per heavy atom. The maximum atomic E-state index is 13.6. The first-order chi connectivity index (χ1) is 9.98. The summed E-state index contributed by atoms with van der Waals surface area (Å²) in [6, 6.07) is 5.01. The second kappa shape index (κ2) is 5.25. The lowest BCUT2D eigenvalue weighted by molar-refractivity contribution is -0.112. The van der Waals surface area contributed by atoms with E-state index in [1.54, 1.807) is 19.2 Å². The molecule has 0 bridgehead atoms. The number of hydrogen-bond acceptors (Lipinski definition) is 2. The molecule has 1 heterocycles. The molecule has 1 aliphatic rings. The molecule has 3 rings (SSSR count). The molecule has 1 aromatic heterocycles. The third-order valence-corrected chi connectivity index (χ3v) is 4.95. The lowest BCUT2D eigenvalue weighted by Crippen LogP contribution is -2.51. The topological polar surface area (TPSA) is 27.1 Å². The van der Waals surface area contributed by atoms with Crippen LogP contribution in [0, 0.1) is 11.2 Å². The number of imidazole rings is 1. The Hall–Kier alpha value is -1.13. The number of aromatic nitrogens is 2. The van der Waals surface area contributed by atoms with Gasteiger partial charge in [0.2, 0.25) is 0 Å². The maximum absolute atomic E-state index is 13.6. The fourth-order valence-electron chi connectivity index (χ4n) is 3.43. The predicted octanol–water partition coefficient (Wildman–Crippen LogP) is 3.94. The number of hydrogen-bond donors (Lipinski definition) is 0. The summed E-state index contributed by atoms with van der Waals surface area (Å²) in [5, 5.41) is 0. The van der Waals surface area contributed by atoms with Gasteiger partial charge in [-0.05, 0) is 24.6 Å². The molecule has 0 saturated heterocycles. The minimum atomic E-state index is -0.235. The van der Waals surface area contributed by atoms with E-state index >= 15 is 0 Å². The number of alkyl halides is 1. The molecule has 21 heavy (non-hydrogen) atoms. The monoisotopic (exact) mass is 310 g/mol. The van der Waals surface area contributed by atoms with E-state index in [0.717, 1.165) is 23.3 Å². The standard InChI is InChI=1S/C16H20ClFN2O/c1-16(2)13(9-14(16)21-3)20-12-8-10(18)4-5-11(12)19-15(20)6-7-17/h4-5,8,13-14H,6-7,9H2,1-3H3. The zero-order chi connectivity index (χ0) is 15.2. The summed E-state index contributed by atoms with van der Waals surface area (Å²) in [5.74, 6) is 1.20. The summed E-state index contributed by atoms with van der Waals surface area (Å²) in [5.41, 5.74) is 1.67. The van der Waals surface area contributed by atoms with Gasteiger partial charge >= 0.3 is 0 Å². The fourth-order valence-corrected chi connectivity index (χ4v) is 3.60. The van der Waals surface area contributed by atoms with Gasteiger partial charge in [-0.25, -0.2) is 9.37 Å². The maximum Gasteiger partial charge on any atom is 0.125 e. The van der Waals surface area contributed by atoms with Crippen LogP contribution < -0.4 is 0 Å². The Balaban J connectivity index is 2.12. The molecule has 5 heteroatoms. The smallest absolute Gasteiger partial charge is 0.125 e. The van der Waals surface area contributed by atoms with Crippen LogP contribution >= 0.6 is 11.6 Å². The van der Waals surface area contributed by atoms with Gasteiger partial charge in [-0.3, -0.25) is 0 Å². The third-order valence-electron chi connectivity index (χ3n) is 4.76. The second-order valence-corrected chi connectivity index (χ2v) is 6.65. The average Bonchev–Trinajstić information content (AvgIpc) is 2.76. The Labute approximate surface area is 129 Å². The number of rotatable bonds is 4. The molecule has 1 aliphatic carbocycles. The Morgan fingerprint density at radius 3 is 2.86 bits per heavy atom. The van der Waals surface area contributed by atoms with Crippen molar-refractivity contribution < 1.29 is 9.13 Å². The van der Waals surface area contributed by atoms with Crippen molar-refractivity contribution in [2.24, 2.45) is 5.41 Å². The highest BCUT2D eigenvalue weighted by molar-refractivity contribution is 6.17. The van der Waals surface area contributed by atoms with Gasteiger partial charge in [-0.2, -0.15) is 0 Å². The van der Waals surface area contributed by atoms with Gasteiger partial charge in [0.15, 0.2) is 0 Å². The van der Waals surface area contributed by atoms with E-state index < -0.39 is 0 Å². The van der Waals surface area contributed by atoms with Crippen molar-refractivity contribution in [3.8, 4) is 0 Å². The fraction of sp³-hybridized carbons (Fsp3) is 0.562. The first-order valence-electron chi connectivity index (χ1n) is 7.24. The van der Waals surface area contributed by atoms with Crippen molar-refractivity contribution in [1.29, 1.82) is 0 Å². The van der Waals surface area contributed by atoms with E-state index in [4.69, 9.17) is 16.3 Å². The SMILES string of the molecule is COC1CC(n2c(CCCl)nc3ccc(F)cc32)C1(C)C. The highest BCUT2D eigenvalue weighted by Crippen LogP contribution is 2.52. The summed E-state index contributed by atoms with van der Waals surface area (Å²) in [6.07, 6.45) is 1.82. The van der Waals surface area contributed by atoms with Gasteiger partial charge in [-0.15, -0.1) is 11.6 Å². The summed E-state index contributed by atoms with van der Waals surface area (Å²) >= 11 is 5.91. The molecule has 2 aromatic rings. The number of nitrogens with zero attached hydrogens (tertiary/aromatic N) is 2. The summed E-state index contributed by atoms with van der Waals surface area (Å²) in [7, 11) is 1.74. The average molecular weight is 311 g/mol. The number of aryl methyl sites for hydroxylation is 1. The second-order valence-electron chi connectivity index (χ2n) is 6.27. The van der Waals surface area contributed by atoms with Crippen molar-refractivity contribution in [3.05, 3.63) is 29.8 Å². The molecule has 0 spiro atoms. The Kier molecular flexibility index (Phi) is 3.70. The minimum Gasteiger partial charge on any atom is -0.381 e. The highest BCUT2D eigenvalue weighted by Gasteiger charge is 2.50. The van der Waals surface area contributed by atoms with E-state index in [0.29, 0.717) is 12.3 Å². The van der Waals surface area contributed by atoms with Crippen LogP contribution in [0.5, 0.6) is 0 Å². The van der Waals surface area contributed by atoms with Crippen LogP contribution in [-0.2, 0) is 11.2 Å². The molecule has 1 fully saturated rings. The molecule has 0 N–H and O–H groups in total. The normalized spacial score (nSPS) is 24.2. The lowest BCUT2D eigenvalue weighted by atomic mass is 9.64. The number of halogens is 2. The van der Waals surface area contributed by atoms with E-state index in [1.807, 2.05) is 0 Å². The van der Waals surface area contributed by atoms with E-state index in [-0.39, 0.29) is 23.4 Å². The van der Waals surface area contributed by atoms with Gasteiger partial charge in [0, 0.05) is 30.9 Å². The molecule has 3 nitrogen and oxygen atoms in total. The van der Waals surface area contributed by atoms with E-state index in [2.05, 4.69) is 23.4 Å². The van der Waals surface area contributed by atoms with Crippen LogP contribution in [0.15, 0.2) is 18.2 Å². The number of fused-ring (bicyclic) bond motifs is 1. The molecule has 2 unspecified atom stereocenters. The zero-order valence-electron chi connectivity index (χ0n) is 12.6. The number of benzene rings is 1. The number of methoxy groups -OCH3 is 1. The van der Waals surface area contributed by atoms with Crippen LogP contribution in [0.3, 0.4) is 0 Å². The van der Waals surface area contributed by atoms with Crippen molar-refractivity contribution in [2.45, 2.75) is 38.8 Å². The number of ether oxygens (including phenoxy) is 1. The van der Waals surface area contributed by atoms with Crippen molar-refractivity contribution >= 4 is 22.6 Å². The van der Waals surface area contributed by atoms with Gasteiger partial charge in [0.1, 0.15) is 11.6 Å². The van der Waals surface area contributed by atoms with Gasteiger partial charge in [0.25, 0.3) is 0 Å². The molecule has 114 valence electrons.